The Hall–Kier alpha value is -2.70. The molecule has 34 heavy (non-hydrogen) atoms. The summed E-state index contributed by atoms with van der Waals surface area (Å²) in [5, 5.41) is 16.0. The number of aromatic carboxylic acids is 1. The van der Waals surface area contributed by atoms with Gasteiger partial charge in [-0.05, 0) is 55.8 Å². The Morgan fingerprint density at radius 3 is 2.44 bits per heavy atom. The normalized spacial score (nSPS) is 13.7. The molecular formula is C25H16Cl4N2O3. The lowest BCUT2D eigenvalue weighted by atomic mass is 9.88. The SMILES string of the molecule is CC1(C)Oc2cc(-c3cccc(Cl)c3Cl)ccc2-c2c1c(C(=O)O)nn2-c1ccc(Cl)cc1Cl. The lowest BCUT2D eigenvalue weighted by Gasteiger charge is -2.33. The molecule has 9 heteroatoms. The molecule has 0 amide bonds. The number of ether oxygens (including phenoxy) is 1. The van der Waals surface area contributed by atoms with Gasteiger partial charge in [-0.15, -0.1) is 0 Å². The number of benzene rings is 3. The molecule has 5 nitrogen and oxygen atoms in total. The van der Waals surface area contributed by atoms with Crippen LogP contribution in [0, 0.1) is 0 Å². The molecule has 0 spiro atoms. The summed E-state index contributed by atoms with van der Waals surface area (Å²) in [4.78, 5) is 12.2. The molecule has 172 valence electrons. The van der Waals surface area contributed by atoms with E-state index in [1.54, 1.807) is 38.1 Å². The van der Waals surface area contributed by atoms with Crippen molar-refractivity contribution in [2.75, 3.05) is 0 Å². The Morgan fingerprint density at radius 2 is 1.74 bits per heavy atom. The Morgan fingerprint density at radius 1 is 0.971 bits per heavy atom. The lowest BCUT2D eigenvalue weighted by molar-refractivity contribution is 0.0665. The van der Waals surface area contributed by atoms with Crippen LogP contribution in [0.3, 0.4) is 0 Å². The monoisotopic (exact) mass is 532 g/mol. The predicted molar refractivity (Wildman–Crippen MR) is 135 cm³/mol. The summed E-state index contributed by atoms with van der Waals surface area (Å²) >= 11 is 25.2. The van der Waals surface area contributed by atoms with Gasteiger partial charge in [-0.25, -0.2) is 9.48 Å². The molecule has 0 bridgehead atoms. The maximum atomic E-state index is 12.2. The van der Waals surface area contributed by atoms with Crippen LogP contribution in [0.5, 0.6) is 5.75 Å². The van der Waals surface area contributed by atoms with E-state index in [9.17, 15) is 9.90 Å². The number of rotatable bonds is 3. The molecule has 3 aromatic carbocycles. The molecule has 1 aromatic heterocycles. The van der Waals surface area contributed by atoms with Gasteiger partial charge in [-0.2, -0.15) is 5.10 Å². The van der Waals surface area contributed by atoms with Gasteiger partial charge in [0.25, 0.3) is 0 Å². The van der Waals surface area contributed by atoms with Crippen molar-refractivity contribution in [3.8, 4) is 33.8 Å². The highest BCUT2D eigenvalue weighted by atomic mass is 35.5. The Bertz CT molecular complexity index is 1490. The van der Waals surface area contributed by atoms with E-state index >= 15 is 0 Å². The smallest absolute Gasteiger partial charge is 0.356 e. The van der Waals surface area contributed by atoms with Crippen molar-refractivity contribution in [3.63, 3.8) is 0 Å². The van der Waals surface area contributed by atoms with E-state index in [0.29, 0.717) is 48.3 Å². The van der Waals surface area contributed by atoms with E-state index in [4.69, 9.17) is 51.1 Å². The summed E-state index contributed by atoms with van der Waals surface area (Å²) in [6.45, 7) is 3.60. The van der Waals surface area contributed by atoms with Crippen LogP contribution in [0.1, 0.15) is 29.9 Å². The van der Waals surface area contributed by atoms with Crippen LogP contribution in [0.25, 0.3) is 28.1 Å². The second-order valence-corrected chi connectivity index (χ2v) is 9.94. The van der Waals surface area contributed by atoms with E-state index in [1.165, 1.54) is 4.68 Å². The van der Waals surface area contributed by atoms with E-state index < -0.39 is 11.6 Å². The van der Waals surface area contributed by atoms with Gasteiger partial charge >= 0.3 is 5.97 Å². The van der Waals surface area contributed by atoms with Gasteiger partial charge in [0.2, 0.25) is 0 Å². The maximum absolute atomic E-state index is 12.2. The molecule has 2 heterocycles. The van der Waals surface area contributed by atoms with E-state index in [1.807, 2.05) is 30.3 Å². The zero-order valence-corrected chi connectivity index (χ0v) is 20.9. The standard InChI is InChI=1S/C25H16Cl4N2O3/c1-25(2)20-22(24(32)33)30-31(18-9-7-13(26)11-17(18)28)23(20)15-8-6-12(10-19(15)34-25)14-4-3-5-16(27)21(14)29/h3-11H,1-2H3,(H,32,33). The van der Waals surface area contributed by atoms with Crippen LogP contribution in [-0.2, 0) is 5.60 Å². The highest BCUT2D eigenvalue weighted by Gasteiger charge is 2.41. The van der Waals surface area contributed by atoms with Crippen molar-refractivity contribution < 1.29 is 14.6 Å². The third kappa shape index (κ3) is 3.64. The number of aromatic nitrogens is 2. The van der Waals surface area contributed by atoms with Crippen LogP contribution in [0.2, 0.25) is 20.1 Å². The number of nitrogens with zero attached hydrogens (tertiary/aromatic N) is 2. The van der Waals surface area contributed by atoms with Crippen molar-refractivity contribution in [1.82, 2.24) is 9.78 Å². The summed E-state index contributed by atoms with van der Waals surface area (Å²) in [5.74, 6) is -0.614. The maximum Gasteiger partial charge on any atom is 0.356 e. The second-order valence-electron chi connectivity index (χ2n) is 8.31. The summed E-state index contributed by atoms with van der Waals surface area (Å²) < 4.78 is 7.85. The first-order valence-electron chi connectivity index (χ1n) is 10.2. The highest BCUT2D eigenvalue weighted by Crippen LogP contribution is 2.49. The molecule has 5 rings (SSSR count). The Labute approximate surface area is 215 Å². The van der Waals surface area contributed by atoms with Gasteiger partial charge in [0.15, 0.2) is 5.69 Å². The molecule has 0 aliphatic carbocycles. The van der Waals surface area contributed by atoms with Gasteiger partial charge in [-0.3, -0.25) is 0 Å². The van der Waals surface area contributed by atoms with Crippen LogP contribution in [0.4, 0.5) is 0 Å². The largest absolute Gasteiger partial charge is 0.482 e. The van der Waals surface area contributed by atoms with E-state index in [-0.39, 0.29) is 5.69 Å². The van der Waals surface area contributed by atoms with Crippen molar-refractivity contribution in [2.45, 2.75) is 19.4 Å². The molecule has 0 fully saturated rings. The molecular weight excluding hydrogens is 518 g/mol. The van der Waals surface area contributed by atoms with Crippen LogP contribution >= 0.6 is 46.4 Å². The minimum Gasteiger partial charge on any atom is -0.482 e. The highest BCUT2D eigenvalue weighted by molar-refractivity contribution is 6.43. The van der Waals surface area contributed by atoms with Crippen LogP contribution in [-0.4, -0.2) is 20.9 Å². The summed E-state index contributed by atoms with van der Waals surface area (Å²) in [5.41, 5.74) is 2.65. The second kappa shape index (κ2) is 8.21. The first-order valence-corrected chi connectivity index (χ1v) is 11.7. The Kier molecular flexibility index (Phi) is 5.57. The molecule has 4 aromatic rings. The number of carboxylic acids is 1. The number of hydrogen-bond acceptors (Lipinski definition) is 3. The molecule has 1 aliphatic heterocycles. The fraction of sp³-hybridized carbons (Fsp3) is 0.120. The molecule has 1 aliphatic rings. The van der Waals surface area contributed by atoms with E-state index in [0.717, 1.165) is 11.1 Å². The zero-order chi connectivity index (χ0) is 24.4. The summed E-state index contributed by atoms with van der Waals surface area (Å²) in [7, 11) is 0. The van der Waals surface area contributed by atoms with Gasteiger partial charge in [0.1, 0.15) is 11.4 Å². The number of halogens is 4. The minimum atomic E-state index is -1.16. The molecule has 0 saturated heterocycles. The fourth-order valence-corrected chi connectivity index (χ4v) is 5.13. The number of hydrogen-bond donors (Lipinski definition) is 1. The van der Waals surface area contributed by atoms with Crippen LogP contribution in [0.15, 0.2) is 54.6 Å². The average molecular weight is 534 g/mol. The summed E-state index contributed by atoms with van der Waals surface area (Å²) in [6.07, 6.45) is 0. The quantitative estimate of drug-likeness (QED) is 0.288. The molecule has 0 unspecified atom stereocenters. The topological polar surface area (TPSA) is 64.3 Å². The molecule has 1 N–H and O–H groups in total. The van der Waals surface area contributed by atoms with Crippen molar-refractivity contribution in [3.05, 3.63) is 85.9 Å². The predicted octanol–water partition coefficient (Wildman–Crippen LogP) is 8.15. The van der Waals surface area contributed by atoms with Crippen molar-refractivity contribution in [1.29, 1.82) is 0 Å². The average Bonchev–Trinajstić information content (AvgIpc) is 3.17. The number of carboxylic acid groups (broad SMARTS) is 1. The van der Waals surface area contributed by atoms with Gasteiger partial charge in [0.05, 0.1) is 32.0 Å². The third-order valence-electron chi connectivity index (χ3n) is 5.69. The summed E-state index contributed by atoms with van der Waals surface area (Å²) in [6, 6.07) is 16.0. The van der Waals surface area contributed by atoms with Gasteiger partial charge in [-0.1, -0.05) is 64.6 Å². The van der Waals surface area contributed by atoms with Gasteiger partial charge in [0, 0.05) is 16.1 Å². The third-order valence-corrected chi connectivity index (χ3v) is 7.05. The van der Waals surface area contributed by atoms with Crippen molar-refractivity contribution in [2.24, 2.45) is 0 Å². The fourth-order valence-electron chi connectivity index (χ4n) is 4.24. The number of carbonyl (C=O) groups is 1. The molecule has 0 saturated carbocycles. The minimum absolute atomic E-state index is 0.112. The zero-order valence-electron chi connectivity index (χ0n) is 17.9. The number of fused-ring (bicyclic) bond motifs is 3. The van der Waals surface area contributed by atoms with E-state index in [2.05, 4.69) is 5.10 Å². The van der Waals surface area contributed by atoms with Crippen LogP contribution < -0.4 is 4.74 Å². The first kappa shape index (κ1) is 23.1. The lowest BCUT2D eigenvalue weighted by Crippen LogP contribution is -2.31. The molecule has 0 radical (unpaired) electrons. The van der Waals surface area contributed by atoms with Gasteiger partial charge < -0.3 is 9.84 Å². The van der Waals surface area contributed by atoms with Crippen molar-refractivity contribution >= 4 is 52.4 Å². The molecule has 0 atom stereocenters. The Balaban J connectivity index is 1.80. The first-order chi connectivity index (χ1) is 16.1.